The van der Waals surface area contributed by atoms with Gasteiger partial charge < -0.3 is 19.7 Å². The lowest BCUT2D eigenvalue weighted by Crippen LogP contribution is -2.46. The predicted octanol–water partition coefficient (Wildman–Crippen LogP) is 3.29. The van der Waals surface area contributed by atoms with Crippen LogP contribution in [0.3, 0.4) is 0 Å². The normalized spacial score (nSPS) is 14.8. The Kier molecular flexibility index (Phi) is 9.38. The lowest BCUT2D eigenvalue weighted by atomic mass is 10.1. The summed E-state index contributed by atoms with van der Waals surface area (Å²) in [5, 5.41) is 3.09. The molecule has 0 atom stereocenters. The molecule has 1 aliphatic rings. The minimum Gasteiger partial charge on any atom is -0.465 e. The number of hydrogen-bond acceptors (Lipinski definition) is 8. The van der Waals surface area contributed by atoms with E-state index in [-0.39, 0.29) is 16.3 Å². The lowest BCUT2D eigenvalue weighted by Gasteiger charge is -2.33. The maximum Gasteiger partial charge on any atom is 0.348 e. The molecule has 9 heteroatoms. The number of anilines is 1. The number of ether oxygens (including phenoxy) is 2. The highest BCUT2D eigenvalue weighted by Crippen LogP contribution is 2.34. The number of amides is 1. The van der Waals surface area contributed by atoms with Crippen LogP contribution in [0.15, 0.2) is 36.4 Å². The summed E-state index contributed by atoms with van der Waals surface area (Å²) in [6.07, 6.45) is 4.61. The zero-order valence-corrected chi connectivity index (χ0v) is 20.7. The molecule has 1 aromatic heterocycles. The van der Waals surface area contributed by atoms with Crippen LogP contribution in [0, 0.1) is 6.92 Å². The third-order valence-corrected chi connectivity index (χ3v) is 6.94. The Morgan fingerprint density at radius 2 is 1.65 bits per heavy atom. The molecule has 0 aliphatic carbocycles. The van der Waals surface area contributed by atoms with Gasteiger partial charge in [0, 0.05) is 45.7 Å². The van der Waals surface area contributed by atoms with Gasteiger partial charge in [0.1, 0.15) is 9.88 Å². The highest BCUT2D eigenvalue weighted by atomic mass is 32.1. The molecule has 182 valence electrons. The Balaban J connectivity index is 1.47. The fraction of sp³-hybridized carbons (Fsp3) is 0.400. The number of esters is 2. The monoisotopic (exact) mass is 485 g/mol. The van der Waals surface area contributed by atoms with Gasteiger partial charge in [-0.25, -0.2) is 9.59 Å². The number of nitrogens with one attached hydrogen (secondary N) is 1. The minimum atomic E-state index is -0.600. The number of piperazine rings is 1. The number of nitrogens with zero attached hydrogens (tertiary/aromatic N) is 2. The number of benzene rings is 1. The Bertz CT molecular complexity index is 1030. The number of thiophene rings is 1. The Morgan fingerprint density at radius 3 is 2.29 bits per heavy atom. The first-order valence-corrected chi connectivity index (χ1v) is 12.0. The fourth-order valence-electron chi connectivity index (χ4n) is 3.78. The van der Waals surface area contributed by atoms with Crippen LogP contribution in [-0.4, -0.2) is 81.1 Å². The Hall–Kier alpha value is -3.01. The first-order valence-electron chi connectivity index (χ1n) is 11.2. The zero-order valence-electron chi connectivity index (χ0n) is 19.8. The second kappa shape index (κ2) is 12.5. The molecule has 1 aromatic carbocycles. The van der Waals surface area contributed by atoms with Crippen molar-refractivity contribution < 1.29 is 23.9 Å². The van der Waals surface area contributed by atoms with Crippen LogP contribution >= 0.6 is 11.3 Å². The summed E-state index contributed by atoms with van der Waals surface area (Å²) in [7, 11) is 2.54. The van der Waals surface area contributed by atoms with Gasteiger partial charge in [-0.1, -0.05) is 42.5 Å². The summed E-state index contributed by atoms with van der Waals surface area (Å²) in [4.78, 5) is 41.7. The fourth-order valence-corrected chi connectivity index (χ4v) is 4.91. The first-order chi connectivity index (χ1) is 16.4. The lowest BCUT2D eigenvalue weighted by molar-refractivity contribution is -0.116. The number of methoxy groups -OCH3 is 2. The maximum atomic E-state index is 12.6. The third kappa shape index (κ3) is 6.75. The molecule has 1 aliphatic heterocycles. The predicted molar refractivity (Wildman–Crippen MR) is 133 cm³/mol. The summed E-state index contributed by atoms with van der Waals surface area (Å²) >= 11 is 1.02. The standard InChI is InChI=1S/C25H31N3O5S/c1-18-21(24(30)32-2)23(34-22(18)25(31)33-3)26-20(29)11-13-28-16-14-27(15-17-28)12-7-10-19-8-5-4-6-9-19/h4-10H,11-17H2,1-3H3,(H,26,29)/b10-7+. The van der Waals surface area contributed by atoms with E-state index in [0.717, 1.165) is 44.1 Å². The molecule has 2 heterocycles. The number of hydrogen-bond donors (Lipinski definition) is 1. The van der Waals surface area contributed by atoms with Crippen LogP contribution in [-0.2, 0) is 14.3 Å². The zero-order chi connectivity index (χ0) is 24.5. The van der Waals surface area contributed by atoms with Gasteiger partial charge in [-0.15, -0.1) is 11.3 Å². The van der Waals surface area contributed by atoms with Gasteiger partial charge in [0.25, 0.3) is 0 Å². The van der Waals surface area contributed by atoms with Crippen LogP contribution in [0.1, 0.15) is 37.6 Å². The van der Waals surface area contributed by atoms with Gasteiger partial charge in [0.15, 0.2) is 0 Å². The second-order valence-electron chi connectivity index (χ2n) is 8.00. The number of carbonyl (C=O) groups excluding carboxylic acids is 3. The molecule has 1 amide bonds. The Labute approximate surface area is 204 Å². The van der Waals surface area contributed by atoms with Crippen molar-refractivity contribution >= 4 is 40.3 Å². The van der Waals surface area contributed by atoms with Gasteiger partial charge in [-0.05, 0) is 18.1 Å². The van der Waals surface area contributed by atoms with Crippen molar-refractivity contribution in [1.29, 1.82) is 0 Å². The van der Waals surface area contributed by atoms with Crippen molar-refractivity contribution in [3.8, 4) is 0 Å². The van der Waals surface area contributed by atoms with Crippen LogP contribution < -0.4 is 5.32 Å². The molecule has 0 spiro atoms. The highest BCUT2D eigenvalue weighted by molar-refractivity contribution is 7.18. The van der Waals surface area contributed by atoms with E-state index in [1.165, 1.54) is 19.8 Å². The van der Waals surface area contributed by atoms with Gasteiger partial charge >= 0.3 is 11.9 Å². The van der Waals surface area contributed by atoms with E-state index in [1.54, 1.807) is 6.92 Å². The minimum absolute atomic E-state index is 0.193. The van der Waals surface area contributed by atoms with E-state index in [9.17, 15) is 14.4 Å². The second-order valence-corrected chi connectivity index (χ2v) is 9.02. The van der Waals surface area contributed by atoms with Crippen molar-refractivity contribution in [2.45, 2.75) is 13.3 Å². The molecular weight excluding hydrogens is 454 g/mol. The summed E-state index contributed by atoms with van der Waals surface area (Å²) in [6, 6.07) is 10.2. The molecule has 3 rings (SSSR count). The summed E-state index contributed by atoms with van der Waals surface area (Å²) in [5.41, 5.74) is 1.83. The van der Waals surface area contributed by atoms with Gasteiger partial charge in [0.05, 0.1) is 19.8 Å². The number of carbonyl (C=O) groups is 3. The third-order valence-electron chi connectivity index (χ3n) is 5.75. The molecule has 2 aromatic rings. The Morgan fingerprint density at radius 1 is 1.00 bits per heavy atom. The van der Waals surface area contributed by atoms with Crippen LogP contribution in [0.25, 0.3) is 6.08 Å². The average molecular weight is 486 g/mol. The molecule has 0 bridgehead atoms. The molecule has 1 saturated heterocycles. The van der Waals surface area contributed by atoms with E-state index >= 15 is 0 Å². The molecule has 0 unspecified atom stereocenters. The molecule has 1 N–H and O–H groups in total. The van der Waals surface area contributed by atoms with E-state index in [2.05, 4.69) is 39.4 Å². The van der Waals surface area contributed by atoms with Crippen LogP contribution in [0.4, 0.5) is 5.00 Å². The summed E-state index contributed by atoms with van der Waals surface area (Å²) in [5.74, 6) is -1.36. The molecular formula is C25H31N3O5S. The SMILES string of the molecule is COC(=O)c1sc(NC(=O)CCN2CCN(C/C=C/c3ccccc3)CC2)c(C(=O)OC)c1C. The van der Waals surface area contributed by atoms with Crippen molar-refractivity contribution in [2.75, 3.05) is 58.8 Å². The van der Waals surface area contributed by atoms with Crippen molar-refractivity contribution in [3.63, 3.8) is 0 Å². The first kappa shape index (κ1) is 25.6. The van der Waals surface area contributed by atoms with Gasteiger partial charge in [-0.3, -0.25) is 9.69 Å². The quantitative estimate of drug-likeness (QED) is 0.545. The van der Waals surface area contributed by atoms with Crippen molar-refractivity contribution in [3.05, 3.63) is 58.0 Å². The topological polar surface area (TPSA) is 88.2 Å². The van der Waals surface area contributed by atoms with Gasteiger partial charge in [0.2, 0.25) is 5.91 Å². The van der Waals surface area contributed by atoms with Crippen LogP contribution in [0.2, 0.25) is 0 Å². The van der Waals surface area contributed by atoms with Crippen LogP contribution in [0.5, 0.6) is 0 Å². The largest absolute Gasteiger partial charge is 0.465 e. The molecule has 8 nitrogen and oxygen atoms in total. The number of rotatable bonds is 9. The van der Waals surface area contributed by atoms with Crippen molar-refractivity contribution in [1.82, 2.24) is 9.80 Å². The highest BCUT2D eigenvalue weighted by Gasteiger charge is 2.27. The molecule has 1 fully saturated rings. The van der Waals surface area contributed by atoms with Crippen molar-refractivity contribution in [2.24, 2.45) is 0 Å². The molecule has 0 radical (unpaired) electrons. The average Bonchev–Trinajstić information content (AvgIpc) is 3.18. The summed E-state index contributed by atoms with van der Waals surface area (Å²) in [6.45, 7) is 6.84. The van der Waals surface area contributed by atoms with E-state index in [4.69, 9.17) is 9.47 Å². The van der Waals surface area contributed by atoms with E-state index in [0.29, 0.717) is 23.5 Å². The summed E-state index contributed by atoms with van der Waals surface area (Å²) < 4.78 is 9.61. The van der Waals surface area contributed by atoms with Gasteiger partial charge in [-0.2, -0.15) is 0 Å². The molecule has 0 saturated carbocycles. The van der Waals surface area contributed by atoms with E-state index < -0.39 is 11.9 Å². The smallest absolute Gasteiger partial charge is 0.348 e. The maximum absolute atomic E-state index is 12.6. The molecule has 34 heavy (non-hydrogen) atoms. The van der Waals surface area contributed by atoms with E-state index in [1.807, 2.05) is 18.2 Å².